The van der Waals surface area contributed by atoms with Crippen LogP contribution in [-0.2, 0) is 0 Å². The molecule has 2 atom stereocenters. The molecule has 0 amide bonds. The van der Waals surface area contributed by atoms with Crippen molar-refractivity contribution in [2.75, 3.05) is 32.7 Å². The van der Waals surface area contributed by atoms with E-state index in [9.17, 15) is 0 Å². The minimum absolute atomic E-state index is 0.328. The van der Waals surface area contributed by atoms with Crippen molar-refractivity contribution in [3.63, 3.8) is 0 Å². The molecule has 0 aromatic rings. The number of nitrogens with two attached hydrogens (primary N) is 1. The molecule has 0 aromatic carbocycles. The smallest absolute Gasteiger partial charge is 0.0139 e. The van der Waals surface area contributed by atoms with Gasteiger partial charge in [-0.05, 0) is 64.2 Å². The highest BCUT2D eigenvalue weighted by Crippen LogP contribution is 2.28. The van der Waals surface area contributed by atoms with E-state index in [0.717, 1.165) is 18.4 Å². The monoisotopic (exact) mass is 211 g/mol. The van der Waals surface area contributed by atoms with Crippen molar-refractivity contribution in [1.82, 2.24) is 10.2 Å². The molecule has 15 heavy (non-hydrogen) atoms. The lowest BCUT2D eigenvalue weighted by molar-refractivity contribution is 0.148. The Bertz CT molecular complexity index is 179. The van der Waals surface area contributed by atoms with Gasteiger partial charge in [0.25, 0.3) is 0 Å². The van der Waals surface area contributed by atoms with Crippen molar-refractivity contribution in [2.24, 2.45) is 17.6 Å². The summed E-state index contributed by atoms with van der Waals surface area (Å²) in [6.45, 7) is 8.22. The Hall–Kier alpha value is -0.120. The van der Waals surface area contributed by atoms with Gasteiger partial charge in [0, 0.05) is 12.6 Å². The van der Waals surface area contributed by atoms with Gasteiger partial charge in [-0.2, -0.15) is 0 Å². The highest BCUT2D eigenvalue weighted by Gasteiger charge is 2.28. The number of nitrogens with one attached hydrogen (secondary N) is 1. The van der Waals surface area contributed by atoms with E-state index in [1.807, 2.05) is 0 Å². The maximum Gasteiger partial charge on any atom is 0.0139 e. The number of hydrogen-bond acceptors (Lipinski definition) is 3. The van der Waals surface area contributed by atoms with Gasteiger partial charge in [0.2, 0.25) is 0 Å². The summed E-state index contributed by atoms with van der Waals surface area (Å²) < 4.78 is 0. The van der Waals surface area contributed by atoms with E-state index in [0.29, 0.717) is 6.04 Å². The molecular weight excluding hydrogens is 186 g/mol. The third-order valence-electron chi connectivity index (χ3n) is 3.94. The van der Waals surface area contributed by atoms with Crippen molar-refractivity contribution in [3.8, 4) is 0 Å². The molecule has 2 fully saturated rings. The first-order valence-electron chi connectivity index (χ1n) is 6.44. The van der Waals surface area contributed by atoms with Crippen molar-refractivity contribution in [1.29, 1.82) is 0 Å². The van der Waals surface area contributed by atoms with E-state index in [4.69, 9.17) is 5.73 Å². The fourth-order valence-electron chi connectivity index (χ4n) is 3.09. The van der Waals surface area contributed by atoms with Gasteiger partial charge < -0.3 is 16.0 Å². The summed E-state index contributed by atoms with van der Waals surface area (Å²) in [4.78, 5) is 2.53. The fourth-order valence-corrected chi connectivity index (χ4v) is 3.09. The summed E-state index contributed by atoms with van der Waals surface area (Å²) in [6.07, 6.45) is 4.18. The molecule has 0 spiro atoms. The first kappa shape index (κ1) is 11.4. The van der Waals surface area contributed by atoms with Crippen LogP contribution in [0.5, 0.6) is 0 Å². The number of hydrogen-bond donors (Lipinski definition) is 2. The van der Waals surface area contributed by atoms with E-state index < -0.39 is 0 Å². The zero-order valence-electron chi connectivity index (χ0n) is 9.91. The van der Waals surface area contributed by atoms with Crippen LogP contribution in [0.2, 0.25) is 0 Å². The van der Waals surface area contributed by atoms with Crippen molar-refractivity contribution in [2.45, 2.75) is 32.2 Å². The standard InChI is InChI=1S/C12H25N3/c1-10(13)9-15-6-3-11(4-7-15)12-2-5-14-8-12/h10-12,14H,2-9,13H2,1H3. The topological polar surface area (TPSA) is 41.3 Å². The molecule has 0 aromatic heterocycles. The molecule has 2 heterocycles. The molecule has 2 saturated heterocycles. The molecule has 2 unspecified atom stereocenters. The number of nitrogens with zero attached hydrogens (tertiary/aromatic N) is 1. The van der Waals surface area contributed by atoms with Gasteiger partial charge in [0.1, 0.15) is 0 Å². The number of piperidine rings is 1. The SMILES string of the molecule is CC(N)CN1CCC(C2CCNC2)CC1. The second kappa shape index (κ2) is 5.28. The summed E-state index contributed by atoms with van der Waals surface area (Å²) >= 11 is 0. The minimum atomic E-state index is 0.328. The molecule has 2 aliphatic rings. The van der Waals surface area contributed by atoms with Crippen LogP contribution in [0.4, 0.5) is 0 Å². The molecule has 3 N–H and O–H groups in total. The molecule has 0 radical (unpaired) electrons. The van der Waals surface area contributed by atoms with Gasteiger partial charge >= 0.3 is 0 Å². The van der Waals surface area contributed by atoms with Gasteiger partial charge in [-0.15, -0.1) is 0 Å². The predicted octanol–water partition coefficient (Wildman–Crippen LogP) is 0.655. The van der Waals surface area contributed by atoms with Crippen molar-refractivity contribution < 1.29 is 0 Å². The quantitative estimate of drug-likeness (QED) is 0.720. The second-order valence-corrected chi connectivity index (χ2v) is 5.37. The van der Waals surface area contributed by atoms with E-state index in [1.54, 1.807) is 0 Å². The summed E-state index contributed by atoms with van der Waals surface area (Å²) in [7, 11) is 0. The van der Waals surface area contributed by atoms with Crippen LogP contribution in [0.3, 0.4) is 0 Å². The van der Waals surface area contributed by atoms with Gasteiger partial charge in [-0.25, -0.2) is 0 Å². The average molecular weight is 211 g/mol. The lowest BCUT2D eigenvalue weighted by Crippen LogP contribution is -2.42. The van der Waals surface area contributed by atoms with E-state index >= 15 is 0 Å². The molecule has 3 heteroatoms. The first-order valence-corrected chi connectivity index (χ1v) is 6.44. The highest BCUT2D eigenvalue weighted by molar-refractivity contribution is 4.83. The van der Waals surface area contributed by atoms with Crippen LogP contribution < -0.4 is 11.1 Å². The van der Waals surface area contributed by atoms with Crippen LogP contribution in [0.25, 0.3) is 0 Å². The highest BCUT2D eigenvalue weighted by atomic mass is 15.1. The zero-order valence-corrected chi connectivity index (χ0v) is 9.91. The molecule has 0 bridgehead atoms. The molecule has 0 saturated carbocycles. The molecule has 88 valence electrons. The van der Waals surface area contributed by atoms with E-state index in [1.165, 1.54) is 45.4 Å². The normalized spacial score (nSPS) is 32.0. The zero-order chi connectivity index (χ0) is 10.7. The Morgan fingerprint density at radius 3 is 2.53 bits per heavy atom. The third kappa shape index (κ3) is 3.16. The Balaban J connectivity index is 1.71. The molecule has 2 rings (SSSR count). The second-order valence-electron chi connectivity index (χ2n) is 5.37. The Kier molecular flexibility index (Phi) is 4.00. The summed E-state index contributed by atoms with van der Waals surface area (Å²) in [5, 5.41) is 3.48. The number of rotatable bonds is 3. The molecule has 0 aliphatic carbocycles. The molecule has 2 aliphatic heterocycles. The molecular formula is C12H25N3. The minimum Gasteiger partial charge on any atom is -0.327 e. The van der Waals surface area contributed by atoms with Gasteiger partial charge in [0.05, 0.1) is 0 Å². The lowest BCUT2D eigenvalue weighted by atomic mass is 9.84. The maximum atomic E-state index is 5.83. The lowest BCUT2D eigenvalue weighted by Gasteiger charge is -2.35. The van der Waals surface area contributed by atoms with E-state index in [2.05, 4.69) is 17.1 Å². The van der Waals surface area contributed by atoms with E-state index in [-0.39, 0.29) is 0 Å². The Labute approximate surface area is 93.4 Å². The maximum absolute atomic E-state index is 5.83. The van der Waals surface area contributed by atoms with Gasteiger partial charge in [-0.3, -0.25) is 0 Å². The van der Waals surface area contributed by atoms with Crippen LogP contribution in [0.15, 0.2) is 0 Å². The van der Waals surface area contributed by atoms with Crippen LogP contribution in [0.1, 0.15) is 26.2 Å². The summed E-state index contributed by atoms with van der Waals surface area (Å²) in [5.41, 5.74) is 5.83. The fraction of sp³-hybridized carbons (Fsp3) is 1.00. The van der Waals surface area contributed by atoms with Crippen LogP contribution in [-0.4, -0.2) is 43.7 Å². The van der Waals surface area contributed by atoms with Gasteiger partial charge in [0.15, 0.2) is 0 Å². The van der Waals surface area contributed by atoms with Gasteiger partial charge in [-0.1, -0.05) is 0 Å². The predicted molar refractivity (Wildman–Crippen MR) is 63.8 cm³/mol. The van der Waals surface area contributed by atoms with Crippen LogP contribution >= 0.6 is 0 Å². The summed E-state index contributed by atoms with van der Waals surface area (Å²) in [6, 6.07) is 0.328. The molecule has 3 nitrogen and oxygen atoms in total. The Morgan fingerprint density at radius 2 is 2.00 bits per heavy atom. The van der Waals surface area contributed by atoms with Crippen LogP contribution in [0, 0.1) is 11.8 Å². The van der Waals surface area contributed by atoms with Crippen molar-refractivity contribution in [3.05, 3.63) is 0 Å². The number of likely N-dealkylation sites (tertiary alicyclic amines) is 1. The summed E-state index contributed by atoms with van der Waals surface area (Å²) in [5.74, 6) is 1.94. The Morgan fingerprint density at radius 1 is 1.27 bits per heavy atom. The largest absolute Gasteiger partial charge is 0.327 e. The van der Waals surface area contributed by atoms with Crippen molar-refractivity contribution >= 4 is 0 Å². The first-order chi connectivity index (χ1) is 7.25. The average Bonchev–Trinajstić information content (AvgIpc) is 2.71. The third-order valence-corrected chi connectivity index (χ3v) is 3.94.